The van der Waals surface area contributed by atoms with E-state index in [2.05, 4.69) is 12.6 Å². The average molecular weight is 329 g/mol. The van der Waals surface area contributed by atoms with E-state index >= 15 is 0 Å². The first kappa shape index (κ1) is 19.9. The smallest absolute Gasteiger partial charge is 0.303 e. The fourth-order valence-corrected chi connectivity index (χ4v) is 4.18. The minimum absolute atomic E-state index is 0.347. The summed E-state index contributed by atoms with van der Waals surface area (Å²) in [6.07, 6.45) is 18.9. The number of carboxylic acids is 1. The molecule has 1 aliphatic carbocycles. The van der Waals surface area contributed by atoms with Crippen LogP contribution in [0.5, 0.6) is 0 Å². The molecule has 130 valence electrons. The van der Waals surface area contributed by atoms with Gasteiger partial charge in [0.15, 0.2) is 0 Å². The summed E-state index contributed by atoms with van der Waals surface area (Å²) >= 11 is 4.26. The summed E-state index contributed by atoms with van der Waals surface area (Å²) in [4.78, 5) is 10.5. The SMILES string of the molecule is O=C(O)CCCCCC[C@H]1CCC[C@@H]1CCCCCCCS. The van der Waals surface area contributed by atoms with Crippen LogP contribution in [0.4, 0.5) is 0 Å². The Morgan fingerprint density at radius 1 is 0.818 bits per heavy atom. The molecule has 0 aliphatic heterocycles. The van der Waals surface area contributed by atoms with Gasteiger partial charge in [-0.25, -0.2) is 0 Å². The second-order valence-corrected chi connectivity index (χ2v) is 7.52. The Morgan fingerprint density at radius 2 is 1.32 bits per heavy atom. The van der Waals surface area contributed by atoms with Crippen molar-refractivity contribution in [2.75, 3.05) is 5.75 Å². The number of rotatable bonds is 14. The monoisotopic (exact) mass is 328 g/mol. The normalized spacial score (nSPS) is 21.3. The molecule has 0 aromatic rings. The third kappa shape index (κ3) is 9.76. The highest BCUT2D eigenvalue weighted by atomic mass is 32.1. The number of thiol groups is 1. The Hall–Kier alpha value is -0.180. The highest BCUT2D eigenvalue weighted by molar-refractivity contribution is 7.80. The molecule has 2 nitrogen and oxygen atoms in total. The second kappa shape index (κ2) is 13.3. The van der Waals surface area contributed by atoms with Crippen LogP contribution in [0.1, 0.15) is 96.3 Å². The van der Waals surface area contributed by atoms with E-state index in [1.54, 1.807) is 0 Å². The zero-order chi connectivity index (χ0) is 16.0. The van der Waals surface area contributed by atoms with E-state index in [9.17, 15) is 4.79 Å². The molecule has 0 amide bonds. The molecule has 0 heterocycles. The zero-order valence-corrected chi connectivity index (χ0v) is 15.2. The van der Waals surface area contributed by atoms with Crippen molar-refractivity contribution in [1.29, 1.82) is 0 Å². The Balaban J connectivity index is 1.99. The molecule has 1 aliphatic rings. The molecule has 0 spiro atoms. The summed E-state index contributed by atoms with van der Waals surface area (Å²) in [5.41, 5.74) is 0. The van der Waals surface area contributed by atoms with E-state index in [4.69, 9.17) is 5.11 Å². The van der Waals surface area contributed by atoms with Crippen molar-refractivity contribution < 1.29 is 9.90 Å². The summed E-state index contributed by atoms with van der Waals surface area (Å²) in [6, 6.07) is 0. The summed E-state index contributed by atoms with van der Waals surface area (Å²) in [5, 5.41) is 8.62. The van der Waals surface area contributed by atoms with Gasteiger partial charge in [-0.3, -0.25) is 4.79 Å². The number of hydrogen-bond acceptors (Lipinski definition) is 2. The average Bonchev–Trinajstić information content (AvgIpc) is 2.93. The highest BCUT2D eigenvalue weighted by Crippen LogP contribution is 2.38. The van der Waals surface area contributed by atoms with Crippen LogP contribution in [0.25, 0.3) is 0 Å². The Labute approximate surface area is 142 Å². The molecule has 1 saturated carbocycles. The van der Waals surface area contributed by atoms with Gasteiger partial charge in [-0.1, -0.05) is 77.0 Å². The van der Waals surface area contributed by atoms with Gasteiger partial charge in [0.25, 0.3) is 0 Å². The van der Waals surface area contributed by atoms with E-state index in [1.165, 1.54) is 77.0 Å². The molecule has 22 heavy (non-hydrogen) atoms. The molecular weight excluding hydrogens is 292 g/mol. The molecule has 1 rings (SSSR count). The minimum Gasteiger partial charge on any atom is -0.481 e. The first-order valence-corrected chi connectivity index (χ1v) is 10.2. The van der Waals surface area contributed by atoms with Gasteiger partial charge in [-0.2, -0.15) is 12.6 Å². The van der Waals surface area contributed by atoms with Gasteiger partial charge >= 0.3 is 5.97 Å². The summed E-state index contributed by atoms with van der Waals surface area (Å²) in [6.45, 7) is 0. The maximum atomic E-state index is 10.5. The topological polar surface area (TPSA) is 37.3 Å². The first-order chi connectivity index (χ1) is 10.7. The van der Waals surface area contributed by atoms with E-state index in [-0.39, 0.29) is 0 Å². The largest absolute Gasteiger partial charge is 0.481 e. The number of carboxylic acid groups (broad SMARTS) is 1. The molecule has 1 fully saturated rings. The molecule has 0 unspecified atom stereocenters. The van der Waals surface area contributed by atoms with E-state index in [0.717, 1.165) is 30.4 Å². The quantitative estimate of drug-likeness (QED) is 0.299. The zero-order valence-electron chi connectivity index (χ0n) is 14.3. The van der Waals surface area contributed by atoms with Crippen LogP contribution in [0.2, 0.25) is 0 Å². The molecule has 1 N–H and O–H groups in total. The van der Waals surface area contributed by atoms with E-state index in [0.29, 0.717) is 6.42 Å². The number of aliphatic carboxylic acids is 1. The van der Waals surface area contributed by atoms with Gasteiger partial charge in [0.05, 0.1) is 0 Å². The van der Waals surface area contributed by atoms with Crippen LogP contribution >= 0.6 is 12.6 Å². The van der Waals surface area contributed by atoms with Crippen molar-refractivity contribution in [2.24, 2.45) is 11.8 Å². The molecule has 3 heteroatoms. The van der Waals surface area contributed by atoms with Crippen molar-refractivity contribution in [1.82, 2.24) is 0 Å². The van der Waals surface area contributed by atoms with E-state index < -0.39 is 5.97 Å². The van der Waals surface area contributed by atoms with Crippen LogP contribution in [0, 0.1) is 11.8 Å². The summed E-state index contributed by atoms with van der Waals surface area (Å²) in [7, 11) is 0. The number of hydrogen-bond donors (Lipinski definition) is 2. The van der Waals surface area contributed by atoms with Gasteiger partial charge in [0, 0.05) is 6.42 Å². The molecule has 0 aromatic carbocycles. The highest BCUT2D eigenvalue weighted by Gasteiger charge is 2.25. The van der Waals surface area contributed by atoms with Gasteiger partial charge in [-0.15, -0.1) is 0 Å². The number of carbonyl (C=O) groups is 1. The molecule has 0 radical (unpaired) electrons. The van der Waals surface area contributed by atoms with Crippen molar-refractivity contribution >= 4 is 18.6 Å². The lowest BCUT2D eigenvalue weighted by Gasteiger charge is -2.19. The van der Waals surface area contributed by atoms with Gasteiger partial charge < -0.3 is 5.11 Å². The molecule has 2 atom stereocenters. The van der Waals surface area contributed by atoms with Gasteiger partial charge in [-0.05, 0) is 30.4 Å². The van der Waals surface area contributed by atoms with Crippen molar-refractivity contribution in [3.63, 3.8) is 0 Å². The maximum Gasteiger partial charge on any atom is 0.303 e. The lowest BCUT2D eigenvalue weighted by Crippen LogP contribution is -2.08. The molecular formula is C19H36O2S. The van der Waals surface area contributed by atoms with E-state index in [1.807, 2.05) is 0 Å². The van der Waals surface area contributed by atoms with Gasteiger partial charge in [0.1, 0.15) is 0 Å². The Bertz CT molecular complexity index is 281. The lowest BCUT2D eigenvalue weighted by molar-refractivity contribution is -0.137. The third-order valence-corrected chi connectivity index (χ3v) is 5.58. The Kier molecular flexibility index (Phi) is 12.0. The minimum atomic E-state index is -0.648. The first-order valence-electron chi connectivity index (χ1n) is 9.56. The Morgan fingerprint density at radius 3 is 1.86 bits per heavy atom. The van der Waals surface area contributed by atoms with Crippen LogP contribution in [0.3, 0.4) is 0 Å². The molecule has 0 aromatic heterocycles. The fraction of sp³-hybridized carbons (Fsp3) is 0.947. The third-order valence-electron chi connectivity index (χ3n) is 5.27. The number of unbranched alkanes of at least 4 members (excludes halogenated alkanes) is 7. The van der Waals surface area contributed by atoms with Gasteiger partial charge in [0.2, 0.25) is 0 Å². The molecule has 0 bridgehead atoms. The lowest BCUT2D eigenvalue weighted by atomic mass is 9.86. The maximum absolute atomic E-state index is 10.5. The second-order valence-electron chi connectivity index (χ2n) is 7.08. The predicted molar refractivity (Wildman–Crippen MR) is 97.7 cm³/mol. The summed E-state index contributed by atoms with van der Waals surface area (Å²) in [5.74, 6) is 2.35. The van der Waals surface area contributed by atoms with Crippen molar-refractivity contribution in [3.05, 3.63) is 0 Å². The van der Waals surface area contributed by atoms with Crippen LogP contribution in [-0.2, 0) is 4.79 Å². The summed E-state index contributed by atoms with van der Waals surface area (Å²) < 4.78 is 0. The van der Waals surface area contributed by atoms with Crippen LogP contribution in [0.15, 0.2) is 0 Å². The van der Waals surface area contributed by atoms with Crippen LogP contribution in [-0.4, -0.2) is 16.8 Å². The van der Waals surface area contributed by atoms with Crippen molar-refractivity contribution in [2.45, 2.75) is 96.3 Å². The standard InChI is InChI=1S/C19H36O2S/c20-19(21)15-8-4-3-7-12-18-14-10-13-17(18)11-6-2-1-5-9-16-22/h17-18,22H,1-16H2,(H,20,21)/t17-,18-/m0/s1. The van der Waals surface area contributed by atoms with Crippen LogP contribution < -0.4 is 0 Å². The molecule has 0 saturated heterocycles. The van der Waals surface area contributed by atoms with Crippen molar-refractivity contribution in [3.8, 4) is 0 Å². The fourth-order valence-electron chi connectivity index (χ4n) is 3.96. The predicted octanol–water partition coefficient (Wildman–Crippen LogP) is 6.10.